The van der Waals surface area contributed by atoms with Crippen molar-refractivity contribution in [2.75, 3.05) is 7.11 Å². The van der Waals surface area contributed by atoms with Gasteiger partial charge in [0.15, 0.2) is 10.3 Å². The van der Waals surface area contributed by atoms with E-state index in [2.05, 4.69) is 20.3 Å². The number of nitrogens with one attached hydrogen (secondary N) is 1. The summed E-state index contributed by atoms with van der Waals surface area (Å²) in [5.41, 5.74) is -0.110. The number of rotatable bonds is 6. The number of halogens is 2. The lowest BCUT2D eigenvalue weighted by Crippen LogP contribution is -2.41. The first-order valence-electron chi connectivity index (χ1n) is 5.64. The number of aromatic nitrogens is 2. The van der Waals surface area contributed by atoms with E-state index >= 15 is 0 Å². The number of carbonyl (C=O) groups is 3. The van der Waals surface area contributed by atoms with E-state index in [-0.39, 0.29) is 28.7 Å². The zero-order chi connectivity index (χ0) is 16.0. The Morgan fingerprint density at radius 1 is 1.38 bits per heavy atom. The Morgan fingerprint density at radius 2 is 2.05 bits per heavy atom. The van der Waals surface area contributed by atoms with Gasteiger partial charge in [0.1, 0.15) is 6.04 Å². The largest absolute Gasteiger partial charge is 0.480 e. The summed E-state index contributed by atoms with van der Waals surface area (Å²) in [6.07, 6.45) is -0.283. The van der Waals surface area contributed by atoms with Gasteiger partial charge in [0, 0.05) is 6.42 Å². The van der Waals surface area contributed by atoms with Crippen LogP contribution in [0.3, 0.4) is 0 Å². The van der Waals surface area contributed by atoms with Crippen LogP contribution in [0.15, 0.2) is 6.07 Å². The van der Waals surface area contributed by atoms with Gasteiger partial charge in [0.05, 0.1) is 12.7 Å². The molecule has 1 amide bonds. The highest BCUT2D eigenvalue weighted by molar-refractivity contribution is 6.34. The number of ether oxygens (including phenoxy) is 1. The second-order valence-corrected chi connectivity index (χ2v) is 4.60. The number of carbonyl (C=O) groups excluding carboxylic acids is 2. The van der Waals surface area contributed by atoms with Gasteiger partial charge in [0.2, 0.25) is 0 Å². The molecule has 21 heavy (non-hydrogen) atoms. The predicted octanol–water partition coefficient (Wildman–Crippen LogP) is 0.920. The molecule has 114 valence electrons. The van der Waals surface area contributed by atoms with Gasteiger partial charge in [-0.1, -0.05) is 23.2 Å². The first-order valence-corrected chi connectivity index (χ1v) is 6.40. The molecule has 0 aliphatic heterocycles. The monoisotopic (exact) mass is 335 g/mol. The molecule has 0 saturated heterocycles. The third kappa shape index (κ3) is 5.16. The van der Waals surface area contributed by atoms with Gasteiger partial charge in [-0.25, -0.2) is 4.79 Å². The number of aliphatic carboxylic acids is 1. The van der Waals surface area contributed by atoms with Crippen molar-refractivity contribution >= 4 is 41.0 Å². The van der Waals surface area contributed by atoms with Gasteiger partial charge in [-0.3, -0.25) is 9.59 Å². The maximum Gasteiger partial charge on any atom is 0.326 e. The molecule has 0 spiro atoms. The molecule has 1 aromatic heterocycles. The minimum Gasteiger partial charge on any atom is -0.480 e. The fourth-order valence-electron chi connectivity index (χ4n) is 1.37. The van der Waals surface area contributed by atoms with Crippen LogP contribution in [-0.4, -0.2) is 46.3 Å². The zero-order valence-corrected chi connectivity index (χ0v) is 12.3. The minimum atomic E-state index is -1.29. The molecule has 2 N–H and O–H groups in total. The Labute approximate surface area is 129 Å². The lowest BCUT2D eigenvalue weighted by Gasteiger charge is -2.14. The van der Waals surface area contributed by atoms with Crippen molar-refractivity contribution in [2.45, 2.75) is 18.9 Å². The second kappa shape index (κ2) is 7.75. The van der Waals surface area contributed by atoms with Crippen LogP contribution < -0.4 is 5.32 Å². The van der Waals surface area contributed by atoms with Gasteiger partial charge in [0.25, 0.3) is 5.91 Å². The van der Waals surface area contributed by atoms with E-state index in [0.29, 0.717) is 0 Å². The van der Waals surface area contributed by atoms with Crippen molar-refractivity contribution in [1.82, 2.24) is 15.5 Å². The number of carboxylic acids is 1. The quantitative estimate of drug-likeness (QED) is 0.742. The molecule has 1 heterocycles. The molecular weight excluding hydrogens is 325 g/mol. The maximum absolute atomic E-state index is 11.9. The van der Waals surface area contributed by atoms with E-state index in [9.17, 15) is 14.4 Å². The molecule has 1 rings (SSSR count). The van der Waals surface area contributed by atoms with Gasteiger partial charge >= 0.3 is 11.9 Å². The Balaban J connectivity index is 2.79. The van der Waals surface area contributed by atoms with Crippen molar-refractivity contribution in [3.8, 4) is 0 Å². The Bertz CT molecular complexity index is 567. The van der Waals surface area contributed by atoms with E-state index in [4.69, 9.17) is 28.3 Å². The molecule has 0 fully saturated rings. The van der Waals surface area contributed by atoms with Crippen molar-refractivity contribution in [3.63, 3.8) is 0 Å². The fraction of sp³-hybridized carbons (Fsp3) is 0.364. The molecule has 0 aromatic carbocycles. The van der Waals surface area contributed by atoms with E-state index in [1.165, 1.54) is 7.11 Å². The molecule has 0 aliphatic carbocycles. The third-order valence-electron chi connectivity index (χ3n) is 2.43. The van der Waals surface area contributed by atoms with Crippen LogP contribution >= 0.6 is 23.2 Å². The Morgan fingerprint density at radius 3 is 2.62 bits per heavy atom. The molecular formula is C11H11Cl2N3O5. The van der Waals surface area contributed by atoms with E-state index in [1.807, 2.05) is 0 Å². The summed E-state index contributed by atoms with van der Waals surface area (Å²) in [5, 5.41) is 17.8. The van der Waals surface area contributed by atoms with Crippen LogP contribution in [0.2, 0.25) is 10.3 Å². The van der Waals surface area contributed by atoms with Gasteiger partial charge in [-0.05, 0) is 12.5 Å². The summed E-state index contributed by atoms with van der Waals surface area (Å²) in [7, 11) is 1.18. The summed E-state index contributed by atoms with van der Waals surface area (Å²) in [6.45, 7) is 0. The first-order chi connectivity index (χ1) is 9.85. The number of hydrogen-bond acceptors (Lipinski definition) is 6. The molecule has 0 bridgehead atoms. The number of esters is 1. The number of carboxylic acid groups (broad SMARTS) is 1. The highest BCUT2D eigenvalue weighted by Crippen LogP contribution is 2.15. The van der Waals surface area contributed by atoms with E-state index in [1.54, 1.807) is 0 Å². The molecule has 10 heteroatoms. The Hall–Kier alpha value is -1.93. The normalized spacial score (nSPS) is 11.6. The lowest BCUT2D eigenvalue weighted by molar-refractivity contribution is -0.142. The molecule has 1 aromatic rings. The number of nitrogens with zero attached hydrogens (tertiary/aromatic N) is 2. The highest BCUT2D eigenvalue weighted by atomic mass is 35.5. The number of methoxy groups -OCH3 is 1. The average molecular weight is 336 g/mol. The SMILES string of the molecule is COC(=O)CC[C@@H](NC(=O)c1cc(Cl)nnc1Cl)C(=O)O. The van der Waals surface area contributed by atoms with Crippen LogP contribution in [0.1, 0.15) is 23.2 Å². The molecule has 0 saturated carbocycles. The first kappa shape index (κ1) is 17.1. The Kier molecular flexibility index (Phi) is 6.32. The zero-order valence-electron chi connectivity index (χ0n) is 10.8. The fourth-order valence-corrected chi connectivity index (χ4v) is 1.69. The molecule has 0 radical (unpaired) electrons. The summed E-state index contributed by atoms with van der Waals surface area (Å²) >= 11 is 11.3. The van der Waals surface area contributed by atoms with Crippen molar-refractivity contribution in [2.24, 2.45) is 0 Å². The summed E-state index contributed by atoms with van der Waals surface area (Å²) < 4.78 is 4.40. The highest BCUT2D eigenvalue weighted by Gasteiger charge is 2.23. The smallest absolute Gasteiger partial charge is 0.326 e. The van der Waals surface area contributed by atoms with Crippen molar-refractivity contribution < 1.29 is 24.2 Å². The van der Waals surface area contributed by atoms with Crippen LogP contribution in [0, 0.1) is 0 Å². The van der Waals surface area contributed by atoms with Crippen molar-refractivity contribution in [1.29, 1.82) is 0 Å². The van der Waals surface area contributed by atoms with Gasteiger partial charge in [-0.2, -0.15) is 0 Å². The molecule has 1 atom stereocenters. The van der Waals surface area contributed by atoms with E-state index in [0.717, 1.165) is 6.07 Å². The topological polar surface area (TPSA) is 118 Å². The van der Waals surface area contributed by atoms with Gasteiger partial charge in [-0.15, -0.1) is 10.2 Å². The second-order valence-electron chi connectivity index (χ2n) is 3.85. The summed E-state index contributed by atoms with van der Waals surface area (Å²) in [5.74, 6) is -2.66. The maximum atomic E-state index is 11.9. The average Bonchev–Trinajstić information content (AvgIpc) is 2.44. The van der Waals surface area contributed by atoms with Crippen LogP contribution in [0.25, 0.3) is 0 Å². The molecule has 8 nitrogen and oxygen atoms in total. The number of hydrogen-bond donors (Lipinski definition) is 2. The summed E-state index contributed by atoms with van der Waals surface area (Å²) in [4.78, 5) is 34.0. The van der Waals surface area contributed by atoms with Crippen LogP contribution in [0.4, 0.5) is 0 Å². The van der Waals surface area contributed by atoms with Gasteiger partial charge < -0.3 is 15.2 Å². The predicted molar refractivity (Wildman–Crippen MR) is 72.2 cm³/mol. The lowest BCUT2D eigenvalue weighted by atomic mass is 10.1. The number of amides is 1. The summed E-state index contributed by atoms with van der Waals surface area (Å²) in [6, 6.07) is -0.120. The van der Waals surface area contributed by atoms with Crippen LogP contribution in [0.5, 0.6) is 0 Å². The standard InChI is InChI=1S/C11H11Cl2N3O5/c1-21-8(17)3-2-6(11(19)20)14-10(18)5-4-7(12)15-16-9(5)13/h4,6H,2-3H2,1H3,(H,14,18)(H,19,20)/t6-/m1/s1. The van der Waals surface area contributed by atoms with Crippen LogP contribution in [-0.2, 0) is 14.3 Å². The molecule has 0 unspecified atom stereocenters. The molecule has 0 aliphatic rings. The third-order valence-corrected chi connectivity index (χ3v) is 2.90. The van der Waals surface area contributed by atoms with Crippen molar-refractivity contribution in [3.05, 3.63) is 21.9 Å². The minimum absolute atomic E-state index is 0.0639. The van der Waals surface area contributed by atoms with E-state index < -0.39 is 23.9 Å².